The van der Waals surface area contributed by atoms with Gasteiger partial charge in [0.15, 0.2) is 0 Å². The molecule has 1 fully saturated rings. The molecule has 0 spiro atoms. The molecular weight excluding hydrogens is 310 g/mol. The summed E-state index contributed by atoms with van der Waals surface area (Å²) in [5, 5.41) is 3.07. The third-order valence-corrected chi connectivity index (χ3v) is 5.06. The predicted molar refractivity (Wildman–Crippen MR) is 102 cm³/mol. The molecule has 1 aliphatic rings. The molecule has 132 valence electrons. The van der Waals surface area contributed by atoms with Crippen molar-refractivity contribution in [3.05, 3.63) is 59.9 Å². The third-order valence-electron chi connectivity index (χ3n) is 5.06. The Balaban J connectivity index is 1.73. The number of rotatable bonds is 5. The number of hydrogen-bond donors (Lipinski definition) is 1. The van der Waals surface area contributed by atoms with Gasteiger partial charge in [0.1, 0.15) is 0 Å². The molecule has 4 heteroatoms. The van der Waals surface area contributed by atoms with E-state index in [1.165, 1.54) is 19.3 Å². The Kier molecular flexibility index (Phi) is 5.69. The molecule has 0 saturated carbocycles. The fourth-order valence-corrected chi connectivity index (χ4v) is 3.58. The second kappa shape index (κ2) is 8.15. The molecule has 1 saturated heterocycles. The van der Waals surface area contributed by atoms with E-state index in [1.807, 2.05) is 49.5 Å². The van der Waals surface area contributed by atoms with Crippen LogP contribution in [0.1, 0.15) is 61.5 Å². The summed E-state index contributed by atoms with van der Waals surface area (Å²) in [5.41, 5.74) is 2.79. The minimum atomic E-state index is -0.0734. The third kappa shape index (κ3) is 4.19. The first-order chi connectivity index (χ1) is 12.2. The van der Waals surface area contributed by atoms with Crippen molar-refractivity contribution < 1.29 is 4.79 Å². The Hall–Kier alpha value is -2.36. The minimum absolute atomic E-state index is 0.0317. The van der Waals surface area contributed by atoms with Crippen LogP contribution in [0.5, 0.6) is 0 Å². The standard InChI is InChI=1S/C21H27N3O/c1-3-19-11-7-8-12-24(19)20-13-18(14-22-15-20)21(25)23-16(2)17-9-5-4-6-10-17/h4-6,9-10,13-16,19H,3,7-8,11-12H2,1-2H3,(H,23,25). The summed E-state index contributed by atoms with van der Waals surface area (Å²) in [6.07, 6.45) is 8.38. The molecule has 0 aliphatic carbocycles. The van der Waals surface area contributed by atoms with Crippen LogP contribution in [-0.4, -0.2) is 23.5 Å². The van der Waals surface area contributed by atoms with Gasteiger partial charge in [-0.15, -0.1) is 0 Å². The first-order valence-electron chi connectivity index (χ1n) is 9.26. The number of pyridine rings is 1. The summed E-state index contributed by atoms with van der Waals surface area (Å²) < 4.78 is 0. The molecule has 1 aliphatic heterocycles. The van der Waals surface area contributed by atoms with Crippen LogP contribution in [-0.2, 0) is 0 Å². The number of benzene rings is 1. The van der Waals surface area contributed by atoms with Crippen molar-refractivity contribution in [3.8, 4) is 0 Å². The number of anilines is 1. The maximum Gasteiger partial charge on any atom is 0.253 e. The molecule has 4 nitrogen and oxygen atoms in total. The van der Waals surface area contributed by atoms with E-state index in [9.17, 15) is 4.79 Å². The zero-order chi connectivity index (χ0) is 17.6. The smallest absolute Gasteiger partial charge is 0.253 e. The summed E-state index contributed by atoms with van der Waals surface area (Å²) in [6.45, 7) is 5.28. The van der Waals surface area contributed by atoms with Crippen molar-refractivity contribution in [2.45, 2.75) is 51.6 Å². The number of nitrogens with zero attached hydrogens (tertiary/aromatic N) is 2. The van der Waals surface area contributed by atoms with Gasteiger partial charge in [0, 0.05) is 18.8 Å². The number of amides is 1. The van der Waals surface area contributed by atoms with Crippen molar-refractivity contribution in [2.24, 2.45) is 0 Å². The van der Waals surface area contributed by atoms with Crippen LogP contribution >= 0.6 is 0 Å². The summed E-state index contributed by atoms with van der Waals surface area (Å²) in [5.74, 6) is -0.0734. The summed E-state index contributed by atoms with van der Waals surface area (Å²) in [4.78, 5) is 19.4. The number of aromatic nitrogens is 1. The second-order valence-electron chi connectivity index (χ2n) is 6.79. The minimum Gasteiger partial charge on any atom is -0.367 e. The van der Waals surface area contributed by atoms with E-state index < -0.39 is 0 Å². The number of nitrogens with one attached hydrogen (secondary N) is 1. The predicted octanol–water partition coefficient (Wildman–Crippen LogP) is 4.34. The highest BCUT2D eigenvalue weighted by Gasteiger charge is 2.22. The van der Waals surface area contributed by atoms with Crippen molar-refractivity contribution in [3.63, 3.8) is 0 Å². The quantitative estimate of drug-likeness (QED) is 0.882. The van der Waals surface area contributed by atoms with E-state index in [0.717, 1.165) is 24.2 Å². The highest BCUT2D eigenvalue weighted by Crippen LogP contribution is 2.26. The van der Waals surface area contributed by atoms with E-state index in [0.29, 0.717) is 11.6 Å². The van der Waals surface area contributed by atoms with Gasteiger partial charge in [-0.2, -0.15) is 0 Å². The van der Waals surface area contributed by atoms with E-state index in [-0.39, 0.29) is 11.9 Å². The van der Waals surface area contributed by atoms with Crippen LogP contribution < -0.4 is 10.2 Å². The van der Waals surface area contributed by atoms with Crippen molar-refractivity contribution in [1.29, 1.82) is 0 Å². The topological polar surface area (TPSA) is 45.2 Å². The number of carbonyl (C=O) groups is 1. The molecule has 1 amide bonds. The molecule has 2 unspecified atom stereocenters. The number of piperidine rings is 1. The maximum atomic E-state index is 12.6. The lowest BCUT2D eigenvalue weighted by Gasteiger charge is -2.37. The highest BCUT2D eigenvalue weighted by atomic mass is 16.1. The lowest BCUT2D eigenvalue weighted by atomic mass is 9.99. The number of hydrogen-bond acceptors (Lipinski definition) is 3. The van der Waals surface area contributed by atoms with Gasteiger partial charge in [-0.25, -0.2) is 0 Å². The zero-order valence-electron chi connectivity index (χ0n) is 15.1. The Morgan fingerprint density at radius 2 is 2.08 bits per heavy atom. The van der Waals surface area contributed by atoms with Crippen molar-refractivity contribution >= 4 is 11.6 Å². The van der Waals surface area contributed by atoms with Crippen LogP contribution in [0.25, 0.3) is 0 Å². The average molecular weight is 337 g/mol. The van der Waals surface area contributed by atoms with Crippen molar-refractivity contribution in [2.75, 3.05) is 11.4 Å². The van der Waals surface area contributed by atoms with Crippen molar-refractivity contribution in [1.82, 2.24) is 10.3 Å². The summed E-state index contributed by atoms with van der Waals surface area (Å²) >= 11 is 0. The highest BCUT2D eigenvalue weighted by molar-refractivity contribution is 5.95. The monoisotopic (exact) mass is 337 g/mol. The van der Waals surface area contributed by atoms with E-state index in [2.05, 4.69) is 22.1 Å². The molecule has 0 radical (unpaired) electrons. The van der Waals surface area contributed by atoms with Gasteiger partial charge in [-0.3, -0.25) is 9.78 Å². The van der Waals surface area contributed by atoms with Gasteiger partial charge >= 0.3 is 0 Å². The molecule has 2 heterocycles. The lowest BCUT2D eigenvalue weighted by molar-refractivity contribution is 0.0939. The van der Waals surface area contributed by atoms with Crippen LogP contribution in [0.15, 0.2) is 48.8 Å². The Morgan fingerprint density at radius 1 is 1.28 bits per heavy atom. The fourth-order valence-electron chi connectivity index (χ4n) is 3.58. The van der Waals surface area contributed by atoms with Gasteiger partial charge in [0.05, 0.1) is 23.5 Å². The van der Waals surface area contributed by atoms with E-state index in [4.69, 9.17) is 0 Å². The van der Waals surface area contributed by atoms with Crippen LogP contribution in [0.3, 0.4) is 0 Å². The Bertz CT molecular complexity index is 701. The van der Waals surface area contributed by atoms with E-state index >= 15 is 0 Å². The molecule has 3 rings (SSSR count). The molecule has 25 heavy (non-hydrogen) atoms. The zero-order valence-corrected chi connectivity index (χ0v) is 15.1. The largest absolute Gasteiger partial charge is 0.367 e. The fraction of sp³-hybridized carbons (Fsp3) is 0.429. The number of carbonyl (C=O) groups excluding carboxylic acids is 1. The molecule has 2 aromatic rings. The molecule has 2 atom stereocenters. The van der Waals surface area contributed by atoms with Gasteiger partial charge in [0.25, 0.3) is 5.91 Å². The van der Waals surface area contributed by atoms with Crippen LogP contribution in [0.2, 0.25) is 0 Å². The normalized spacial score (nSPS) is 18.6. The maximum absolute atomic E-state index is 12.6. The van der Waals surface area contributed by atoms with Crippen LogP contribution in [0, 0.1) is 0 Å². The first-order valence-corrected chi connectivity index (χ1v) is 9.26. The molecule has 1 aromatic heterocycles. The van der Waals surface area contributed by atoms with Gasteiger partial charge in [-0.1, -0.05) is 37.3 Å². The lowest BCUT2D eigenvalue weighted by Crippen LogP contribution is -2.39. The molecule has 0 bridgehead atoms. The molecule has 1 aromatic carbocycles. The van der Waals surface area contributed by atoms with Gasteiger partial charge < -0.3 is 10.2 Å². The summed E-state index contributed by atoms with van der Waals surface area (Å²) in [7, 11) is 0. The Morgan fingerprint density at radius 3 is 2.84 bits per heavy atom. The SMILES string of the molecule is CCC1CCCCN1c1cncc(C(=O)NC(C)c2ccccc2)c1. The van der Waals surface area contributed by atoms with Gasteiger partial charge in [0.2, 0.25) is 0 Å². The first kappa shape index (κ1) is 17.5. The second-order valence-corrected chi connectivity index (χ2v) is 6.79. The molecular formula is C21H27N3O. The van der Waals surface area contributed by atoms with E-state index in [1.54, 1.807) is 6.20 Å². The Labute approximate surface area is 150 Å². The van der Waals surface area contributed by atoms with Crippen LogP contribution in [0.4, 0.5) is 5.69 Å². The van der Waals surface area contributed by atoms with Gasteiger partial charge in [-0.05, 0) is 44.2 Å². The average Bonchev–Trinajstić information content (AvgIpc) is 2.68. The molecule has 1 N–H and O–H groups in total. The summed E-state index contributed by atoms with van der Waals surface area (Å²) in [6, 6.07) is 12.5.